The van der Waals surface area contributed by atoms with Gasteiger partial charge in [0, 0.05) is 5.39 Å². The third-order valence-corrected chi connectivity index (χ3v) is 2.40. The smallest absolute Gasteiger partial charge is 0.416 e. The van der Waals surface area contributed by atoms with Gasteiger partial charge in [0.2, 0.25) is 0 Å². The zero-order valence-electron chi connectivity index (χ0n) is 8.08. The van der Waals surface area contributed by atoms with Crippen LogP contribution in [0.2, 0.25) is 0 Å². The van der Waals surface area contributed by atoms with Gasteiger partial charge in [-0.2, -0.15) is 13.2 Å². The van der Waals surface area contributed by atoms with E-state index in [4.69, 9.17) is 9.52 Å². The summed E-state index contributed by atoms with van der Waals surface area (Å²) in [5, 5.41) is 9.00. The summed E-state index contributed by atoms with van der Waals surface area (Å²) in [6, 6.07) is 2.59. The number of benzene rings is 1. The van der Waals surface area contributed by atoms with E-state index in [0.29, 0.717) is 6.07 Å². The highest BCUT2D eigenvalue weighted by Gasteiger charge is 2.32. The minimum Gasteiger partial charge on any atom is -0.478 e. The largest absolute Gasteiger partial charge is 0.478 e. The van der Waals surface area contributed by atoms with Gasteiger partial charge in [0.1, 0.15) is 5.58 Å². The number of fused-ring (bicyclic) bond motifs is 1. The highest BCUT2D eigenvalue weighted by Crippen LogP contribution is 2.35. The second kappa shape index (κ2) is 3.69. The van der Waals surface area contributed by atoms with Gasteiger partial charge in [0.15, 0.2) is 5.09 Å². The first-order valence-electron chi connectivity index (χ1n) is 4.36. The molecule has 0 aliphatic heterocycles. The highest BCUT2D eigenvalue weighted by molar-refractivity contribution is 7.80. The summed E-state index contributed by atoms with van der Waals surface area (Å²) in [4.78, 5) is 10.9. The van der Waals surface area contributed by atoms with Gasteiger partial charge in [-0.3, -0.25) is 0 Å². The van der Waals surface area contributed by atoms with Crippen molar-refractivity contribution < 1.29 is 27.5 Å². The Bertz CT molecular complexity index is 601. The minimum absolute atomic E-state index is 0.0572. The molecule has 0 saturated carbocycles. The normalized spacial score (nSPS) is 12.0. The van der Waals surface area contributed by atoms with E-state index < -0.39 is 23.3 Å². The Kier molecular flexibility index (Phi) is 2.57. The number of halogens is 3. The predicted molar refractivity (Wildman–Crippen MR) is 55.4 cm³/mol. The Morgan fingerprint density at radius 3 is 2.47 bits per heavy atom. The zero-order chi connectivity index (χ0) is 12.8. The second-order valence-corrected chi connectivity index (χ2v) is 3.76. The van der Waals surface area contributed by atoms with Crippen LogP contribution in [-0.4, -0.2) is 11.1 Å². The topological polar surface area (TPSA) is 50.4 Å². The van der Waals surface area contributed by atoms with Gasteiger partial charge in [-0.15, -0.1) is 12.6 Å². The molecular weight excluding hydrogens is 257 g/mol. The Morgan fingerprint density at radius 1 is 1.29 bits per heavy atom. The zero-order valence-corrected chi connectivity index (χ0v) is 8.97. The summed E-state index contributed by atoms with van der Waals surface area (Å²) in [7, 11) is 0. The number of thiol groups is 1. The van der Waals surface area contributed by atoms with Crippen LogP contribution in [0, 0.1) is 0 Å². The number of hydrogen-bond acceptors (Lipinski definition) is 3. The van der Waals surface area contributed by atoms with Crippen molar-refractivity contribution in [1.82, 2.24) is 0 Å². The van der Waals surface area contributed by atoms with E-state index in [2.05, 4.69) is 12.6 Å². The molecule has 0 bridgehead atoms. The number of aromatic carboxylic acids is 1. The lowest BCUT2D eigenvalue weighted by atomic mass is 10.1. The van der Waals surface area contributed by atoms with Gasteiger partial charge >= 0.3 is 12.1 Å². The van der Waals surface area contributed by atoms with Gasteiger partial charge in [-0.25, -0.2) is 4.79 Å². The first-order valence-corrected chi connectivity index (χ1v) is 4.81. The lowest BCUT2D eigenvalue weighted by molar-refractivity contribution is -0.137. The van der Waals surface area contributed by atoms with Crippen molar-refractivity contribution in [3.05, 3.63) is 29.3 Å². The number of rotatable bonds is 1. The van der Waals surface area contributed by atoms with Gasteiger partial charge < -0.3 is 9.52 Å². The Balaban J connectivity index is 2.80. The average Bonchev–Trinajstić information content (AvgIpc) is 2.54. The summed E-state index contributed by atoms with van der Waals surface area (Å²) in [6.07, 6.45) is -4.62. The van der Waals surface area contributed by atoms with Gasteiger partial charge in [0.05, 0.1) is 11.1 Å². The molecule has 90 valence electrons. The van der Waals surface area contributed by atoms with Crippen LogP contribution in [0.3, 0.4) is 0 Å². The molecule has 0 aliphatic carbocycles. The summed E-state index contributed by atoms with van der Waals surface area (Å²) < 4.78 is 42.4. The molecule has 0 radical (unpaired) electrons. The standard InChI is InChI=1S/C10H5F3O3S/c11-10(12,13)4-1-6(9(14)15)5-3-8(17)16-7(5)2-4/h1-3,17H,(H,14,15). The van der Waals surface area contributed by atoms with Crippen LogP contribution in [0.1, 0.15) is 15.9 Å². The summed E-state index contributed by atoms with van der Waals surface area (Å²) in [5.41, 5.74) is -1.67. The quantitative estimate of drug-likeness (QED) is 0.774. The Morgan fingerprint density at radius 2 is 1.94 bits per heavy atom. The summed E-state index contributed by atoms with van der Waals surface area (Å²) >= 11 is 3.82. The van der Waals surface area contributed by atoms with E-state index in [1.165, 1.54) is 6.07 Å². The Labute approximate surface area is 98.2 Å². The van der Waals surface area contributed by atoms with Crippen molar-refractivity contribution in [2.24, 2.45) is 0 Å². The molecule has 1 aromatic carbocycles. The van der Waals surface area contributed by atoms with Crippen LogP contribution in [-0.2, 0) is 6.18 Å². The maximum atomic E-state index is 12.5. The van der Waals surface area contributed by atoms with E-state index >= 15 is 0 Å². The van der Waals surface area contributed by atoms with Gasteiger partial charge in [0.25, 0.3) is 0 Å². The first kappa shape index (κ1) is 11.8. The van der Waals surface area contributed by atoms with Crippen LogP contribution >= 0.6 is 12.6 Å². The molecule has 17 heavy (non-hydrogen) atoms. The average molecular weight is 262 g/mol. The van der Waals surface area contributed by atoms with Crippen molar-refractivity contribution in [1.29, 1.82) is 0 Å². The molecule has 0 aliphatic rings. The van der Waals surface area contributed by atoms with Crippen LogP contribution in [0.5, 0.6) is 0 Å². The fraction of sp³-hybridized carbons (Fsp3) is 0.100. The van der Waals surface area contributed by atoms with E-state index in [1.807, 2.05) is 0 Å². The molecule has 0 saturated heterocycles. The third-order valence-electron chi connectivity index (χ3n) is 2.18. The van der Waals surface area contributed by atoms with E-state index in [1.54, 1.807) is 0 Å². The molecule has 2 rings (SSSR count). The second-order valence-electron chi connectivity index (χ2n) is 3.32. The molecule has 0 unspecified atom stereocenters. The molecule has 1 N–H and O–H groups in total. The number of carbonyl (C=O) groups is 1. The molecule has 1 heterocycles. The molecule has 7 heteroatoms. The van der Waals surface area contributed by atoms with Crippen molar-refractivity contribution >= 4 is 29.6 Å². The lowest BCUT2D eigenvalue weighted by Crippen LogP contribution is -2.07. The van der Waals surface area contributed by atoms with Gasteiger partial charge in [-0.1, -0.05) is 0 Å². The van der Waals surface area contributed by atoms with Crippen molar-refractivity contribution in [2.45, 2.75) is 11.3 Å². The number of carboxylic acids is 1. The van der Waals surface area contributed by atoms with E-state index in [0.717, 1.165) is 6.07 Å². The van der Waals surface area contributed by atoms with Gasteiger partial charge in [-0.05, 0) is 18.2 Å². The summed E-state index contributed by atoms with van der Waals surface area (Å²) in [6.45, 7) is 0. The number of carboxylic acid groups (broad SMARTS) is 1. The van der Waals surface area contributed by atoms with Crippen molar-refractivity contribution in [2.75, 3.05) is 0 Å². The summed E-state index contributed by atoms with van der Waals surface area (Å²) in [5.74, 6) is -1.45. The van der Waals surface area contributed by atoms with Crippen molar-refractivity contribution in [3.63, 3.8) is 0 Å². The molecule has 0 atom stereocenters. The lowest BCUT2D eigenvalue weighted by Gasteiger charge is -2.07. The third kappa shape index (κ3) is 2.10. The maximum Gasteiger partial charge on any atom is 0.416 e. The highest BCUT2D eigenvalue weighted by atomic mass is 32.1. The molecule has 0 fully saturated rings. The molecule has 0 amide bonds. The molecule has 3 nitrogen and oxygen atoms in total. The minimum atomic E-state index is -4.62. The maximum absolute atomic E-state index is 12.5. The van der Waals surface area contributed by atoms with E-state index in [9.17, 15) is 18.0 Å². The first-order chi connectivity index (χ1) is 7.79. The number of furan rings is 1. The number of alkyl halides is 3. The van der Waals surface area contributed by atoms with Crippen LogP contribution < -0.4 is 0 Å². The predicted octanol–water partition coefficient (Wildman–Crippen LogP) is 3.44. The fourth-order valence-electron chi connectivity index (χ4n) is 1.47. The monoisotopic (exact) mass is 262 g/mol. The number of hydrogen-bond donors (Lipinski definition) is 2. The van der Waals surface area contributed by atoms with E-state index in [-0.39, 0.29) is 16.1 Å². The fourth-order valence-corrected chi connectivity index (χ4v) is 1.69. The van der Waals surface area contributed by atoms with Crippen molar-refractivity contribution in [3.8, 4) is 0 Å². The Hall–Kier alpha value is -1.63. The van der Waals surface area contributed by atoms with Crippen LogP contribution in [0.15, 0.2) is 27.7 Å². The molecular formula is C10H5F3O3S. The van der Waals surface area contributed by atoms with Crippen LogP contribution in [0.25, 0.3) is 11.0 Å². The SMILES string of the molecule is O=C(O)c1cc(C(F)(F)F)cc2oc(S)cc12. The van der Waals surface area contributed by atoms with Crippen LogP contribution in [0.4, 0.5) is 13.2 Å². The molecule has 0 spiro atoms. The molecule has 2 aromatic rings. The molecule has 1 aromatic heterocycles.